The van der Waals surface area contributed by atoms with Crippen molar-refractivity contribution in [2.24, 2.45) is 0 Å². The van der Waals surface area contributed by atoms with E-state index in [9.17, 15) is 0 Å². The monoisotopic (exact) mass is 308 g/mol. The van der Waals surface area contributed by atoms with Gasteiger partial charge in [0.15, 0.2) is 0 Å². The molecule has 5 heteroatoms. The minimum atomic E-state index is 0. The lowest BCUT2D eigenvalue weighted by Crippen LogP contribution is -3.00. The van der Waals surface area contributed by atoms with Crippen LogP contribution in [0.5, 0.6) is 5.88 Å². The molecule has 0 bridgehead atoms. The maximum Gasteiger partial charge on any atom is 0.289 e. The van der Waals surface area contributed by atoms with Gasteiger partial charge in [-0.25, -0.2) is 4.57 Å². The Kier molecular flexibility index (Phi) is 4.53. The molecule has 1 aromatic carbocycles. The fraction of sp³-hybridized carbons (Fsp3) is 0.133. The fourth-order valence-electron chi connectivity index (χ4n) is 2.21. The Hall–Kier alpha value is -1.71. The lowest BCUT2D eigenvalue weighted by molar-refractivity contribution is -0.661. The molecule has 0 saturated heterocycles. The number of hydrogen-bond donors (Lipinski definition) is 0. The maximum absolute atomic E-state index is 6.21. The van der Waals surface area contributed by atoms with Crippen LogP contribution >= 0.6 is 11.6 Å². The molecule has 0 saturated carbocycles. The summed E-state index contributed by atoms with van der Waals surface area (Å²) in [5, 5.41) is 0.789. The van der Waals surface area contributed by atoms with Gasteiger partial charge in [0.05, 0.1) is 7.11 Å². The molecule has 0 aliphatic carbocycles. The molecule has 2 heterocycles. The summed E-state index contributed by atoms with van der Waals surface area (Å²) in [4.78, 5) is 0. The Morgan fingerprint density at radius 1 is 1.15 bits per heavy atom. The molecular formula is C15H14Cl2N2O. The first kappa shape index (κ1) is 14.7. The van der Waals surface area contributed by atoms with E-state index >= 15 is 0 Å². The van der Waals surface area contributed by atoms with Crippen LogP contribution in [-0.2, 0) is 6.54 Å². The van der Waals surface area contributed by atoms with Gasteiger partial charge in [0.2, 0.25) is 0 Å². The highest BCUT2D eigenvalue weighted by atomic mass is 35.5. The summed E-state index contributed by atoms with van der Waals surface area (Å²) < 4.78 is 9.49. The Morgan fingerprint density at radius 2 is 1.95 bits per heavy atom. The van der Waals surface area contributed by atoms with Gasteiger partial charge >= 0.3 is 0 Å². The second kappa shape index (κ2) is 6.16. The van der Waals surface area contributed by atoms with Gasteiger partial charge in [0.1, 0.15) is 18.9 Å². The Morgan fingerprint density at radius 3 is 2.70 bits per heavy atom. The number of hydrogen-bond acceptors (Lipinski definition) is 1. The maximum atomic E-state index is 6.21. The smallest absolute Gasteiger partial charge is 0.289 e. The second-order valence-electron chi connectivity index (χ2n) is 4.31. The van der Waals surface area contributed by atoms with Crippen molar-refractivity contribution in [3.63, 3.8) is 0 Å². The van der Waals surface area contributed by atoms with E-state index in [-0.39, 0.29) is 12.4 Å². The number of methoxy groups -OCH3 is 1. The van der Waals surface area contributed by atoms with Gasteiger partial charge < -0.3 is 17.1 Å². The van der Waals surface area contributed by atoms with Crippen molar-refractivity contribution in [2.45, 2.75) is 6.54 Å². The van der Waals surface area contributed by atoms with Crippen molar-refractivity contribution in [3.05, 3.63) is 65.4 Å². The molecule has 20 heavy (non-hydrogen) atoms. The average Bonchev–Trinajstić information content (AvgIpc) is 2.84. The molecular weight excluding hydrogens is 295 g/mol. The number of rotatable bonds is 3. The van der Waals surface area contributed by atoms with Crippen LogP contribution in [0.4, 0.5) is 0 Å². The largest absolute Gasteiger partial charge is 1.00 e. The van der Waals surface area contributed by atoms with Crippen molar-refractivity contribution in [3.8, 4) is 5.88 Å². The van der Waals surface area contributed by atoms with Gasteiger partial charge in [0.25, 0.3) is 11.5 Å². The predicted octanol–water partition coefficient (Wildman–Crippen LogP) is -0.0589. The molecule has 0 fully saturated rings. The first-order valence-corrected chi connectivity index (χ1v) is 6.44. The number of benzene rings is 1. The van der Waals surface area contributed by atoms with E-state index in [0.29, 0.717) is 0 Å². The van der Waals surface area contributed by atoms with E-state index in [0.717, 1.165) is 28.7 Å². The molecule has 0 spiro atoms. The molecule has 0 atom stereocenters. The number of fused-ring (bicyclic) bond motifs is 1. The van der Waals surface area contributed by atoms with Crippen molar-refractivity contribution in [2.75, 3.05) is 7.11 Å². The predicted molar refractivity (Wildman–Crippen MR) is 74.7 cm³/mol. The number of aromatic nitrogens is 2. The fourth-order valence-corrected chi connectivity index (χ4v) is 2.40. The van der Waals surface area contributed by atoms with Gasteiger partial charge in [-0.2, -0.15) is 4.40 Å². The summed E-state index contributed by atoms with van der Waals surface area (Å²) in [6.07, 6.45) is 4.02. The van der Waals surface area contributed by atoms with Crippen LogP contribution in [0.15, 0.2) is 54.9 Å². The highest BCUT2D eigenvalue weighted by Gasteiger charge is 2.14. The summed E-state index contributed by atoms with van der Waals surface area (Å²) in [5.74, 6) is 0.815. The summed E-state index contributed by atoms with van der Waals surface area (Å²) >= 11 is 6.21. The van der Waals surface area contributed by atoms with E-state index in [1.165, 1.54) is 0 Å². The first-order chi connectivity index (χ1) is 9.29. The average molecular weight is 309 g/mol. The van der Waals surface area contributed by atoms with Gasteiger partial charge in [-0.1, -0.05) is 29.8 Å². The third-order valence-electron chi connectivity index (χ3n) is 3.17. The molecule has 0 N–H and O–H groups in total. The minimum Gasteiger partial charge on any atom is -1.00 e. The number of nitrogens with zero attached hydrogens (tertiary/aromatic N) is 2. The second-order valence-corrected chi connectivity index (χ2v) is 4.72. The van der Waals surface area contributed by atoms with Gasteiger partial charge in [-0.05, 0) is 12.1 Å². The van der Waals surface area contributed by atoms with Crippen molar-refractivity contribution in [1.82, 2.24) is 4.40 Å². The molecule has 0 aliphatic heterocycles. The van der Waals surface area contributed by atoms with Gasteiger partial charge in [-0.15, -0.1) is 0 Å². The van der Waals surface area contributed by atoms with E-state index in [2.05, 4.69) is 10.6 Å². The third kappa shape index (κ3) is 2.60. The molecule has 2 aromatic heterocycles. The lowest BCUT2D eigenvalue weighted by Gasteiger charge is -2.02. The summed E-state index contributed by atoms with van der Waals surface area (Å²) in [6, 6.07) is 13.9. The first-order valence-electron chi connectivity index (χ1n) is 6.06. The quantitative estimate of drug-likeness (QED) is 0.620. The molecule has 3 nitrogen and oxygen atoms in total. The highest BCUT2D eigenvalue weighted by molar-refractivity contribution is 6.31. The molecule has 104 valence electrons. The Labute approximate surface area is 128 Å². The van der Waals surface area contributed by atoms with Crippen LogP contribution in [-0.4, -0.2) is 11.5 Å². The normalized spacial score (nSPS) is 10.3. The van der Waals surface area contributed by atoms with E-state index in [1.807, 2.05) is 53.2 Å². The topological polar surface area (TPSA) is 17.5 Å². The van der Waals surface area contributed by atoms with E-state index in [1.54, 1.807) is 7.11 Å². The van der Waals surface area contributed by atoms with Crippen LogP contribution in [0, 0.1) is 0 Å². The summed E-state index contributed by atoms with van der Waals surface area (Å²) in [7, 11) is 1.67. The van der Waals surface area contributed by atoms with Crippen LogP contribution in [0.2, 0.25) is 5.02 Å². The molecule has 3 aromatic rings. The molecule has 0 unspecified atom stereocenters. The van der Waals surface area contributed by atoms with Crippen LogP contribution in [0.3, 0.4) is 0 Å². The Balaban J connectivity index is 0.00000147. The third-order valence-corrected chi connectivity index (χ3v) is 3.53. The zero-order valence-electron chi connectivity index (χ0n) is 11.0. The minimum absolute atomic E-state index is 0. The molecule has 0 aliphatic rings. The van der Waals surface area contributed by atoms with Crippen molar-refractivity contribution in [1.29, 1.82) is 0 Å². The van der Waals surface area contributed by atoms with Crippen molar-refractivity contribution < 1.29 is 21.7 Å². The van der Waals surface area contributed by atoms with Gasteiger partial charge in [-0.3, -0.25) is 0 Å². The van der Waals surface area contributed by atoms with E-state index in [4.69, 9.17) is 16.3 Å². The zero-order chi connectivity index (χ0) is 13.2. The van der Waals surface area contributed by atoms with Crippen LogP contribution in [0.25, 0.3) is 5.65 Å². The van der Waals surface area contributed by atoms with Gasteiger partial charge in [0, 0.05) is 22.7 Å². The molecule has 0 amide bonds. The number of halogens is 2. The van der Waals surface area contributed by atoms with E-state index < -0.39 is 0 Å². The highest BCUT2D eigenvalue weighted by Crippen LogP contribution is 2.16. The van der Waals surface area contributed by atoms with Crippen molar-refractivity contribution >= 4 is 17.2 Å². The SMILES string of the molecule is COc1cccc2n1cc[n+]2Cc1ccccc1Cl.[Cl-]. The van der Waals surface area contributed by atoms with Crippen LogP contribution in [0.1, 0.15) is 5.56 Å². The summed E-state index contributed by atoms with van der Waals surface area (Å²) in [5.41, 5.74) is 2.17. The Bertz CT molecular complexity index is 725. The zero-order valence-corrected chi connectivity index (χ0v) is 12.5. The molecule has 0 radical (unpaired) electrons. The standard InChI is InChI=1S/C15H14ClN2O.ClH/c1-19-15-8-4-7-14-17(9-10-18(14)15)11-12-5-2-3-6-13(12)16;/h2-10H,11H2,1H3;1H/q+1;/p-1. The number of ether oxygens (including phenoxy) is 1. The summed E-state index contributed by atoms with van der Waals surface area (Å²) in [6.45, 7) is 0.739. The molecule has 3 rings (SSSR count). The van der Waals surface area contributed by atoms with Crippen LogP contribution < -0.4 is 21.7 Å². The lowest BCUT2D eigenvalue weighted by atomic mass is 10.2. The number of pyridine rings is 1. The number of imidazole rings is 1.